The summed E-state index contributed by atoms with van der Waals surface area (Å²) in [7, 11) is 0. The maximum Gasteiger partial charge on any atom is 0.306 e. The van der Waals surface area contributed by atoms with Gasteiger partial charge < -0.3 is 14.6 Å². The van der Waals surface area contributed by atoms with Crippen molar-refractivity contribution in [3.05, 3.63) is 12.2 Å². The van der Waals surface area contributed by atoms with E-state index in [2.05, 4.69) is 26.0 Å². The van der Waals surface area contributed by atoms with Crippen LogP contribution in [0.25, 0.3) is 0 Å². The quantitative estimate of drug-likeness (QED) is 0.0542. The van der Waals surface area contributed by atoms with Crippen LogP contribution in [0.4, 0.5) is 0 Å². The molecule has 1 N–H and O–H groups in total. The van der Waals surface area contributed by atoms with Gasteiger partial charge in [-0.15, -0.1) is 0 Å². The van der Waals surface area contributed by atoms with Crippen molar-refractivity contribution >= 4 is 5.97 Å². The fraction of sp³-hybridized carbons (Fsp3) is 0.912. The number of unbranched alkanes of at least 4 members (excludes halogenated alkanes) is 21. The predicted octanol–water partition coefficient (Wildman–Crippen LogP) is 10.3. The van der Waals surface area contributed by atoms with E-state index in [1.54, 1.807) is 0 Å². The smallest absolute Gasteiger partial charge is 0.306 e. The van der Waals surface area contributed by atoms with Crippen molar-refractivity contribution in [1.82, 2.24) is 0 Å². The zero-order chi connectivity index (χ0) is 27.8. The van der Waals surface area contributed by atoms with Crippen LogP contribution in [0.1, 0.15) is 174 Å². The van der Waals surface area contributed by atoms with Crippen LogP contribution in [0.5, 0.6) is 0 Å². The second-order valence-corrected chi connectivity index (χ2v) is 11.2. The lowest BCUT2D eigenvalue weighted by Gasteiger charge is -2.15. The minimum Gasteiger partial charge on any atom is -0.457 e. The summed E-state index contributed by atoms with van der Waals surface area (Å²) in [6, 6.07) is 0. The van der Waals surface area contributed by atoms with Gasteiger partial charge in [-0.1, -0.05) is 142 Å². The zero-order valence-electron chi connectivity index (χ0n) is 25.7. The number of esters is 1. The molecule has 0 fully saturated rings. The summed E-state index contributed by atoms with van der Waals surface area (Å²) in [6.45, 7) is 5.34. The standard InChI is InChI=1S/C34H66O4/c1-3-5-7-9-11-13-15-16-17-18-19-21-23-25-27-29-34(36)38-33(31-35)32-37-30-28-26-24-22-20-14-12-10-8-6-4-2/h16-17,33,35H,3-15,18-32H2,1-2H3/b17-16-. The van der Waals surface area contributed by atoms with Gasteiger partial charge in [0, 0.05) is 13.0 Å². The molecule has 0 spiro atoms. The van der Waals surface area contributed by atoms with Crippen molar-refractivity contribution in [2.24, 2.45) is 0 Å². The Bertz CT molecular complexity index is 491. The molecule has 1 atom stereocenters. The lowest BCUT2D eigenvalue weighted by Crippen LogP contribution is -2.27. The van der Waals surface area contributed by atoms with Crippen LogP contribution in [-0.2, 0) is 14.3 Å². The predicted molar refractivity (Wildman–Crippen MR) is 164 cm³/mol. The van der Waals surface area contributed by atoms with Gasteiger partial charge in [-0.25, -0.2) is 0 Å². The third-order valence-corrected chi connectivity index (χ3v) is 7.34. The highest BCUT2D eigenvalue weighted by atomic mass is 16.6. The number of aliphatic hydroxyl groups excluding tert-OH is 1. The number of ether oxygens (including phenoxy) is 2. The van der Waals surface area contributed by atoms with Crippen LogP contribution in [0, 0.1) is 0 Å². The largest absolute Gasteiger partial charge is 0.457 e. The number of aliphatic hydroxyl groups is 1. The summed E-state index contributed by atoms with van der Waals surface area (Å²) in [5.41, 5.74) is 0. The number of hydrogen-bond acceptors (Lipinski definition) is 4. The molecule has 0 aromatic rings. The van der Waals surface area contributed by atoms with Crippen LogP contribution >= 0.6 is 0 Å². The van der Waals surface area contributed by atoms with Crippen molar-refractivity contribution in [2.45, 2.75) is 180 Å². The molecule has 0 heterocycles. The molecule has 0 aromatic heterocycles. The Kier molecular flexibility index (Phi) is 31.6. The van der Waals surface area contributed by atoms with E-state index in [-0.39, 0.29) is 12.6 Å². The molecule has 38 heavy (non-hydrogen) atoms. The first-order valence-electron chi connectivity index (χ1n) is 16.8. The third kappa shape index (κ3) is 29.7. The van der Waals surface area contributed by atoms with Gasteiger partial charge in [-0.2, -0.15) is 0 Å². The minimum atomic E-state index is -0.529. The summed E-state index contributed by atoms with van der Waals surface area (Å²) in [5.74, 6) is -0.208. The molecule has 0 aliphatic rings. The summed E-state index contributed by atoms with van der Waals surface area (Å²) >= 11 is 0. The molecular formula is C34H66O4. The van der Waals surface area contributed by atoms with Gasteiger partial charge in [0.25, 0.3) is 0 Å². The molecule has 0 saturated carbocycles. The van der Waals surface area contributed by atoms with E-state index in [1.807, 2.05) is 0 Å². The number of carbonyl (C=O) groups excluding carboxylic acids is 1. The molecule has 0 rings (SSSR count). The molecular weight excluding hydrogens is 472 g/mol. The Labute approximate surface area is 237 Å². The molecule has 0 bridgehead atoms. The van der Waals surface area contributed by atoms with Crippen LogP contribution in [0.3, 0.4) is 0 Å². The Morgan fingerprint density at radius 2 is 1.03 bits per heavy atom. The van der Waals surface area contributed by atoms with E-state index in [1.165, 1.54) is 135 Å². The fourth-order valence-corrected chi connectivity index (χ4v) is 4.79. The highest BCUT2D eigenvalue weighted by Gasteiger charge is 2.13. The molecule has 0 amide bonds. The Hall–Kier alpha value is -0.870. The summed E-state index contributed by atoms with van der Waals surface area (Å²) in [4.78, 5) is 12.1. The van der Waals surface area contributed by atoms with Crippen molar-refractivity contribution in [3.63, 3.8) is 0 Å². The number of carbonyl (C=O) groups is 1. The first-order chi connectivity index (χ1) is 18.7. The molecule has 4 nitrogen and oxygen atoms in total. The third-order valence-electron chi connectivity index (χ3n) is 7.34. The molecule has 1 unspecified atom stereocenters. The molecule has 0 saturated heterocycles. The normalized spacial score (nSPS) is 12.4. The molecule has 0 radical (unpaired) electrons. The zero-order valence-corrected chi connectivity index (χ0v) is 25.7. The maximum absolute atomic E-state index is 12.1. The topological polar surface area (TPSA) is 55.8 Å². The fourth-order valence-electron chi connectivity index (χ4n) is 4.79. The minimum absolute atomic E-state index is 0.170. The van der Waals surface area contributed by atoms with Crippen LogP contribution < -0.4 is 0 Å². The van der Waals surface area contributed by atoms with Crippen molar-refractivity contribution in [1.29, 1.82) is 0 Å². The van der Waals surface area contributed by atoms with Gasteiger partial charge in [0.05, 0.1) is 13.2 Å². The van der Waals surface area contributed by atoms with Gasteiger partial charge in [-0.05, 0) is 38.5 Å². The van der Waals surface area contributed by atoms with Crippen LogP contribution in [0.2, 0.25) is 0 Å². The van der Waals surface area contributed by atoms with Crippen molar-refractivity contribution in [2.75, 3.05) is 19.8 Å². The summed E-state index contributed by atoms with van der Waals surface area (Å²) in [5, 5.41) is 9.51. The average molecular weight is 539 g/mol. The second-order valence-electron chi connectivity index (χ2n) is 11.2. The molecule has 0 aromatic carbocycles. The Morgan fingerprint density at radius 1 is 0.605 bits per heavy atom. The molecule has 226 valence electrons. The number of hydrogen-bond donors (Lipinski definition) is 1. The number of allylic oxidation sites excluding steroid dienone is 2. The van der Waals surface area contributed by atoms with Gasteiger partial charge in [0.2, 0.25) is 0 Å². The molecule has 0 aliphatic carbocycles. The summed E-state index contributed by atoms with van der Waals surface area (Å²) < 4.78 is 11.1. The summed E-state index contributed by atoms with van der Waals surface area (Å²) in [6.07, 6.45) is 35.2. The van der Waals surface area contributed by atoms with Gasteiger partial charge in [0.1, 0.15) is 6.10 Å². The van der Waals surface area contributed by atoms with E-state index < -0.39 is 6.10 Å². The highest BCUT2D eigenvalue weighted by Crippen LogP contribution is 2.12. The molecule has 4 heteroatoms. The van der Waals surface area contributed by atoms with Crippen LogP contribution in [0.15, 0.2) is 12.2 Å². The highest BCUT2D eigenvalue weighted by molar-refractivity contribution is 5.69. The van der Waals surface area contributed by atoms with Crippen molar-refractivity contribution in [3.8, 4) is 0 Å². The van der Waals surface area contributed by atoms with E-state index in [4.69, 9.17) is 9.47 Å². The first kappa shape index (κ1) is 37.1. The van der Waals surface area contributed by atoms with Gasteiger partial charge in [-0.3, -0.25) is 4.79 Å². The van der Waals surface area contributed by atoms with E-state index in [0.717, 1.165) is 19.3 Å². The lowest BCUT2D eigenvalue weighted by molar-refractivity contribution is -0.154. The average Bonchev–Trinajstić information content (AvgIpc) is 2.92. The number of rotatable bonds is 31. The van der Waals surface area contributed by atoms with Crippen LogP contribution in [-0.4, -0.2) is 37.0 Å². The first-order valence-corrected chi connectivity index (χ1v) is 16.8. The van der Waals surface area contributed by atoms with Gasteiger partial charge in [0.15, 0.2) is 0 Å². The Morgan fingerprint density at radius 3 is 1.50 bits per heavy atom. The van der Waals surface area contributed by atoms with E-state index in [0.29, 0.717) is 19.6 Å². The van der Waals surface area contributed by atoms with E-state index in [9.17, 15) is 9.90 Å². The maximum atomic E-state index is 12.1. The monoisotopic (exact) mass is 538 g/mol. The molecule has 0 aliphatic heterocycles. The van der Waals surface area contributed by atoms with E-state index >= 15 is 0 Å². The SMILES string of the molecule is CCCCCCCC/C=C\CCCCCCCC(=O)OC(CO)COCCCCCCCCCCCCC. The van der Waals surface area contributed by atoms with Crippen molar-refractivity contribution < 1.29 is 19.4 Å². The van der Waals surface area contributed by atoms with Gasteiger partial charge >= 0.3 is 5.97 Å². The lowest BCUT2D eigenvalue weighted by atomic mass is 10.1. The Balaban J connectivity index is 3.45. The second kappa shape index (κ2) is 32.3.